The van der Waals surface area contributed by atoms with Gasteiger partial charge in [0.25, 0.3) is 5.91 Å². The number of aliphatic imine (C=N–C) groups is 1. The Morgan fingerprint density at radius 3 is 2.61 bits per heavy atom. The molecule has 0 saturated heterocycles. The zero-order valence-electron chi connectivity index (χ0n) is 16.2. The number of halogens is 2. The number of carbonyl (C=O) groups is 1. The van der Waals surface area contributed by atoms with Gasteiger partial charge in [0.1, 0.15) is 5.15 Å². The van der Waals surface area contributed by atoms with Gasteiger partial charge in [0.15, 0.2) is 5.96 Å². The van der Waals surface area contributed by atoms with E-state index in [4.69, 9.17) is 11.6 Å². The highest BCUT2D eigenvalue weighted by Crippen LogP contribution is 2.05. The van der Waals surface area contributed by atoms with Crippen LogP contribution >= 0.6 is 35.6 Å². The van der Waals surface area contributed by atoms with Crippen LogP contribution < -0.4 is 16.0 Å². The normalized spacial score (nSPS) is 10.8. The van der Waals surface area contributed by atoms with Crippen LogP contribution in [0.15, 0.2) is 47.6 Å². The van der Waals surface area contributed by atoms with Crippen LogP contribution in [-0.4, -0.2) is 43.0 Å². The van der Waals surface area contributed by atoms with E-state index in [1.807, 2.05) is 44.2 Å². The summed E-state index contributed by atoms with van der Waals surface area (Å²) in [6, 6.07) is 11.3. The van der Waals surface area contributed by atoms with Crippen LogP contribution in [0.5, 0.6) is 0 Å². The number of pyridine rings is 1. The number of guanidine groups is 1. The highest BCUT2D eigenvalue weighted by Gasteiger charge is 2.04. The highest BCUT2D eigenvalue weighted by atomic mass is 127. The number of aromatic nitrogens is 1. The zero-order valence-corrected chi connectivity index (χ0v) is 19.3. The van der Waals surface area contributed by atoms with Crippen LogP contribution in [0, 0.1) is 6.92 Å². The molecule has 0 atom stereocenters. The molecular formula is C20H27ClIN5O. The van der Waals surface area contributed by atoms with Crippen molar-refractivity contribution in [3.05, 3.63) is 64.4 Å². The fourth-order valence-corrected chi connectivity index (χ4v) is 2.55. The number of hydrogen-bond acceptors (Lipinski definition) is 3. The number of benzene rings is 1. The van der Waals surface area contributed by atoms with Gasteiger partial charge in [-0.15, -0.1) is 24.0 Å². The average molecular weight is 516 g/mol. The molecular weight excluding hydrogens is 489 g/mol. The molecule has 28 heavy (non-hydrogen) atoms. The summed E-state index contributed by atoms with van der Waals surface area (Å²) in [6.45, 7) is 6.49. The number of carbonyl (C=O) groups excluding carboxylic acids is 1. The Bertz CT molecular complexity index is 767. The van der Waals surface area contributed by atoms with E-state index < -0.39 is 0 Å². The Hall–Kier alpha value is -1.87. The Labute approximate surface area is 188 Å². The molecule has 0 fully saturated rings. The molecule has 152 valence electrons. The molecule has 2 aromatic rings. The van der Waals surface area contributed by atoms with Gasteiger partial charge in [-0.25, -0.2) is 4.98 Å². The molecule has 8 heteroatoms. The van der Waals surface area contributed by atoms with Crippen molar-refractivity contribution in [1.82, 2.24) is 20.9 Å². The van der Waals surface area contributed by atoms with Crippen molar-refractivity contribution in [1.29, 1.82) is 0 Å². The smallest absolute Gasteiger partial charge is 0.251 e. The van der Waals surface area contributed by atoms with Crippen LogP contribution in [0.3, 0.4) is 0 Å². The molecule has 0 radical (unpaired) electrons. The largest absolute Gasteiger partial charge is 0.357 e. The second kappa shape index (κ2) is 13.3. The van der Waals surface area contributed by atoms with Crippen molar-refractivity contribution < 1.29 is 4.79 Å². The molecule has 1 heterocycles. The minimum atomic E-state index is -0.0716. The quantitative estimate of drug-likeness (QED) is 0.166. The van der Waals surface area contributed by atoms with E-state index >= 15 is 0 Å². The number of rotatable bonds is 8. The lowest BCUT2D eigenvalue weighted by Gasteiger charge is -2.12. The molecule has 0 saturated carbocycles. The lowest BCUT2D eigenvalue weighted by molar-refractivity contribution is 0.0954. The summed E-state index contributed by atoms with van der Waals surface area (Å²) in [6.07, 6.45) is 2.55. The van der Waals surface area contributed by atoms with Gasteiger partial charge in [-0.1, -0.05) is 35.4 Å². The number of amides is 1. The summed E-state index contributed by atoms with van der Waals surface area (Å²) in [7, 11) is 0. The second-order valence-electron chi connectivity index (χ2n) is 6.05. The topological polar surface area (TPSA) is 78.4 Å². The van der Waals surface area contributed by atoms with E-state index in [9.17, 15) is 4.79 Å². The Balaban J connectivity index is 0.00000392. The fourth-order valence-electron chi connectivity index (χ4n) is 2.44. The molecule has 0 aliphatic carbocycles. The maximum absolute atomic E-state index is 12.1. The van der Waals surface area contributed by atoms with Gasteiger partial charge in [0.05, 0.1) is 0 Å². The van der Waals surface area contributed by atoms with Crippen LogP contribution in [-0.2, 0) is 6.42 Å². The summed E-state index contributed by atoms with van der Waals surface area (Å²) >= 11 is 5.79. The van der Waals surface area contributed by atoms with Gasteiger partial charge >= 0.3 is 0 Å². The molecule has 0 aliphatic rings. The molecule has 0 spiro atoms. The predicted octanol–water partition coefficient (Wildman–Crippen LogP) is 3.19. The van der Waals surface area contributed by atoms with E-state index in [0.29, 0.717) is 30.4 Å². The molecule has 0 bridgehead atoms. The summed E-state index contributed by atoms with van der Waals surface area (Å²) in [5, 5.41) is 9.81. The lowest BCUT2D eigenvalue weighted by Crippen LogP contribution is -2.41. The summed E-state index contributed by atoms with van der Waals surface area (Å²) < 4.78 is 0. The van der Waals surface area contributed by atoms with Crippen LogP contribution in [0.1, 0.15) is 28.4 Å². The molecule has 2 rings (SSSR count). The van der Waals surface area contributed by atoms with Crippen molar-refractivity contribution in [2.24, 2.45) is 4.99 Å². The third kappa shape index (κ3) is 8.88. The van der Waals surface area contributed by atoms with Gasteiger partial charge in [0, 0.05) is 37.9 Å². The van der Waals surface area contributed by atoms with Crippen LogP contribution in [0.25, 0.3) is 0 Å². The van der Waals surface area contributed by atoms with E-state index in [-0.39, 0.29) is 29.9 Å². The van der Waals surface area contributed by atoms with E-state index in [2.05, 4.69) is 25.9 Å². The summed E-state index contributed by atoms with van der Waals surface area (Å²) in [5.41, 5.74) is 2.83. The van der Waals surface area contributed by atoms with Crippen molar-refractivity contribution in [2.45, 2.75) is 20.3 Å². The standard InChI is InChI=1S/C20H26ClN5O.HI/c1-3-22-20(24-10-9-16-7-8-18(21)26-14-16)25-12-11-23-19(27)17-6-4-5-15(2)13-17;/h4-8,13-14H,3,9-12H2,1-2H3,(H,23,27)(H2,22,24,25);1H. The maximum Gasteiger partial charge on any atom is 0.251 e. The zero-order chi connectivity index (χ0) is 19.5. The minimum absolute atomic E-state index is 0. The van der Waals surface area contributed by atoms with E-state index in [1.165, 1.54) is 0 Å². The third-order valence-corrected chi connectivity index (χ3v) is 4.01. The average Bonchev–Trinajstić information content (AvgIpc) is 2.66. The lowest BCUT2D eigenvalue weighted by atomic mass is 10.1. The molecule has 1 amide bonds. The monoisotopic (exact) mass is 515 g/mol. The van der Waals surface area contributed by atoms with Gasteiger partial charge in [-0.05, 0) is 44.0 Å². The van der Waals surface area contributed by atoms with Crippen molar-refractivity contribution in [3.8, 4) is 0 Å². The van der Waals surface area contributed by atoms with E-state index in [0.717, 1.165) is 30.1 Å². The van der Waals surface area contributed by atoms with E-state index in [1.54, 1.807) is 12.3 Å². The molecule has 1 aromatic carbocycles. The Kier molecular flexibility index (Phi) is 11.5. The Morgan fingerprint density at radius 1 is 1.14 bits per heavy atom. The molecule has 0 unspecified atom stereocenters. The fraction of sp³-hybridized carbons (Fsp3) is 0.350. The third-order valence-electron chi connectivity index (χ3n) is 3.79. The molecule has 3 N–H and O–H groups in total. The van der Waals surface area contributed by atoms with Gasteiger partial charge in [0.2, 0.25) is 0 Å². The first kappa shape index (κ1) is 24.2. The van der Waals surface area contributed by atoms with Gasteiger partial charge in [-0.3, -0.25) is 9.79 Å². The van der Waals surface area contributed by atoms with Gasteiger partial charge in [-0.2, -0.15) is 0 Å². The Morgan fingerprint density at radius 2 is 1.93 bits per heavy atom. The predicted molar refractivity (Wildman–Crippen MR) is 126 cm³/mol. The highest BCUT2D eigenvalue weighted by molar-refractivity contribution is 14.0. The first-order valence-corrected chi connectivity index (χ1v) is 9.43. The summed E-state index contributed by atoms with van der Waals surface area (Å²) in [5.74, 6) is 0.655. The number of hydrogen-bond donors (Lipinski definition) is 3. The SMILES string of the molecule is CCNC(=NCCc1ccc(Cl)nc1)NCCNC(=O)c1cccc(C)c1.I. The molecule has 0 aliphatic heterocycles. The molecule has 1 aromatic heterocycles. The number of nitrogens with one attached hydrogen (secondary N) is 3. The number of aryl methyl sites for hydroxylation is 1. The first-order valence-electron chi connectivity index (χ1n) is 9.06. The van der Waals surface area contributed by atoms with Crippen molar-refractivity contribution >= 4 is 47.4 Å². The number of nitrogens with zero attached hydrogens (tertiary/aromatic N) is 2. The summed E-state index contributed by atoms with van der Waals surface area (Å²) in [4.78, 5) is 20.7. The first-order chi connectivity index (χ1) is 13.1. The van der Waals surface area contributed by atoms with Crippen molar-refractivity contribution in [2.75, 3.05) is 26.2 Å². The molecule has 6 nitrogen and oxygen atoms in total. The van der Waals surface area contributed by atoms with Crippen molar-refractivity contribution in [3.63, 3.8) is 0 Å². The second-order valence-corrected chi connectivity index (χ2v) is 6.44. The minimum Gasteiger partial charge on any atom is -0.357 e. The van der Waals surface area contributed by atoms with Gasteiger partial charge < -0.3 is 16.0 Å². The maximum atomic E-state index is 12.1. The van der Waals surface area contributed by atoms with Crippen LogP contribution in [0.4, 0.5) is 0 Å². The van der Waals surface area contributed by atoms with Crippen LogP contribution in [0.2, 0.25) is 5.15 Å².